The molecule has 0 radical (unpaired) electrons. The minimum Gasteiger partial charge on any atom is -0.506 e. The summed E-state index contributed by atoms with van der Waals surface area (Å²) in [5, 5.41) is 35.0. The molecule has 2 amide bonds. The molecular formula is C28H41N3O8. The number of ether oxygens (including phenoxy) is 3. The number of carbonyl (C=O) groups is 2. The lowest BCUT2D eigenvalue weighted by Gasteiger charge is -2.29. The van der Waals surface area contributed by atoms with Gasteiger partial charge < -0.3 is 46.3 Å². The van der Waals surface area contributed by atoms with Crippen molar-refractivity contribution in [1.29, 1.82) is 0 Å². The first-order chi connectivity index (χ1) is 18.3. The lowest BCUT2D eigenvalue weighted by Crippen LogP contribution is -2.37. The topological polar surface area (TPSA) is 187 Å². The minimum atomic E-state index is -0.992. The number of benzene rings is 1. The van der Waals surface area contributed by atoms with Crippen LogP contribution in [0.15, 0.2) is 41.5 Å². The highest BCUT2D eigenvalue weighted by Crippen LogP contribution is 2.40. The van der Waals surface area contributed by atoms with Crippen molar-refractivity contribution < 1.29 is 39.1 Å². The van der Waals surface area contributed by atoms with Gasteiger partial charge in [0.1, 0.15) is 17.6 Å². The fourth-order valence-corrected chi connectivity index (χ4v) is 4.63. The molecule has 6 atom stereocenters. The van der Waals surface area contributed by atoms with Crippen LogP contribution in [0.4, 0.5) is 16.2 Å². The van der Waals surface area contributed by atoms with E-state index < -0.39 is 42.3 Å². The summed E-state index contributed by atoms with van der Waals surface area (Å²) in [6.45, 7) is 7.01. The van der Waals surface area contributed by atoms with Crippen molar-refractivity contribution >= 4 is 23.4 Å². The molecule has 2 rings (SSSR count). The lowest BCUT2D eigenvalue weighted by molar-refractivity contribution is -0.112. The highest BCUT2D eigenvalue weighted by atomic mass is 16.6. The zero-order chi connectivity index (χ0) is 29.4. The molecule has 11 heteroatoms. The van der Waals surface area contributed by atoms with Crippen LogP contribution in [0.25, 0.3) is 0 Å². The number of nitrogen functional groups attached to an aromatic ring is 1. The number of aliphatic hydroxyl groups excluding tert-OH is 1. The maximum atomic E-state index is 12.8. The summed E-state index contributed by atoms with van der Waals surface area (Å²) in [5.74, 6) is -1.63. The van der Waals surface area contributed by atoms with E-state index in [1.165, 1.54) is 26.4 Å². The number of phenols is 2. The molecule has 0 aliphatic carbocycles. The Balaban J connectivity index is 2.62. The van der Waals surface area contributed by atoms with Gasteiger partial charge in [0, 0.05) is 37.3 Å². The SMILES string of the molecule is CO[C@H]1C=C/C=C(\C)C(=O)Nc2cc(O)c(N)c(c2O)C[C@@H](C)C[C@H](OC)[C@H](O)[C@@H](C)/C=C(\C)[C@@H]1OC(N)=O. The second-order valence-corrected chi connectivity index (χ2v) is 10.0. The molecule has 2 bridgehead atoms. The summed E-state index contributed by atoms with van der Waals surface area (Å²) in [7, 11) is 2.93. The lowest BCUT2D eigenvalue weighted by atomic mass is 9.87. The number of primary amides is 1. The van der Waals surface area contributed by atoms with E-state index >= 15 is 0 Å². The van der Waals surface area contributed by atoms with Crippen molar-refractivity contribution in [2.45, 2.75) is 65.0 Å². The molecule has 1 aromatic rings. The van der Waals surface area contributed by atoms with Crippen LogP contribution < -0.4 is 16.8 Å². The van der Waals surface area contributed by atoms with Crippen LogP contribution >= 0.6 is 0 Å². The molecule has 1 aliphatic heterocycles. The number of amides is 2. The third-order valence-corrected chi connectivity index (χ3v) is 6.87. The van der Waals surface area contributed by atoms with Crippen molar-refractivity contribution in [3.63, 3.8) is 0 Å². The first-order valence-electron chi connectivity index (χ1n) is 12.7. The van der Waals surface area contributed by atoms with Gasteiger partial charge in [-0.3, -0.25) is 4.79 Å². The molecule has 11 nitrogen and oxygen atoms in total. The molecule has 1 aromatic carbocycles. The summed E-state index contributed by atoms with van der Waals surface area (Å²) < 4.78 is 16.5. The van der Waals surface area contributed by atoms with Crippen LogP contribution in [0.5, 0.6) is 11.5 Å². The van der Waals surface area contributed by atoms with Crippen molar-refractivity contribution in [3.8, 4) is 11.5 Å². The zero-order valence-electron chi connectivity index (χ0n) is 23.3. The molecule has 216 valence electrons. The van der Waals surface area contributed by atoms with Gasteiger partial charge in [0.05, 0.1) is 23.6 Å². The maximum Gasteiger partial charge on any atom is 0.405 e. The molecule has 1 heterocycles. The van der Waals surface area contributed by atoms with E-state index in [-0.39, 0.29) is 46.3 Å². The number of phenolic OH excluding ortho intramolecular Hbond substituents is 2. The van der Waals surface area contributed by atoms with Gasteiger partial charge in [-0.15, -0.1) is 0 Å². The molecule has 0 saturated carbocycles. The number of hydrogen-bond donors (Lipinski definition) is 6. The number of fused-ring (bicyclic) bond motifs is 2. The predicted molar refractivity (Wildman–Crippen MR) is 148 cm³/mol. The Hall–Kier alpha value is -3.54. The first-order valence-corrected chi connectivity index (χ1v) is 12.7. The minimum absolute atomic E-state index is 0.00464. The molecule has 39 heavy (non-hydrogen) atoms. The predicted octanol–water partition coefficient (Wildman–Crippen LogP) is 3.14. The van der Waals surface area contributed by atoms with Crippen LogP contribution in [-0.4, -0.2) is 66.0 Å². The summed E-state index contributed by atoms with van der Waals surface area (Å²) in [6, 6.07) is 1.19. The normalized spacial score (nSPS) is 30.0. The monoisotopic (exact) mass is 547 g/mol. The Labute approximate surface area is 229 Å². The van der Waals surface area contributed by atoms with E-state index in [1.54, 1.807) is 39.0 Å². The van der Waals surface area contributed by atoms with Gasteiger partial charge in [0.2, 0.25) is 0 Å². The number of hydrogen-bond acceptors (Lipinski definition) is 9. The molecule has 0 saturated heterocycles. The Morgan fingerprint density at radius 3 is 2.41 bits per heavy atom. The van der Waals surface area contributed by atoms with Gasteiger partial charge in [0.25, 0.3) is 5.91 Å². The number of methoxy groups -OCH3 is 2. The van der Waals surface area contributed by atoms with Gasteiger partial charge in [-0.2, -0.15) is 0 Å². The van der Waals surface area contributed by atoms with Crippen molar-refractivity contribution in [2.75, 3.05) is 25.3 Å². The Bertz CT molecular complexity index is 1130. The van der Waals surface area contributed by atoms with Crippen molar-refractivity contribution in [3.05, 3.63) is 47.1 Å². The number of allylic oxidation sites excluding steroid dienone is 2. The molecule has 0 spiro atoms. The van der Waals surface area contributed by atoms with Crippen molar-refractivity contribution in [2.24, 2.45) is 17.6 Å². The third-order valence-electron chi connectivity index (χ3n) is 6.87. The first kappa shape index (κ1) is 31.7. The highest BCUT2D eigenvalue weighted by Gasteiger charge is 2.30. The quantitative estimate of drug-likeness (QED) is 0.143. The van der Waals surface area contributed by atoms with E-state index in [0.29, 0.717) is 12.0 Å². The Morgan fingerprint density at radius 2 is 1.82 bits per heavy atom. The van der Waals surface area contributed by atoms with E-state index in [9.17, 15) is 24.9 Å². The Morgan fingerprint density at radius 1 is 1.15 bits per heavy atom. The van der Waals surface area contributed by atoms with Crippen LogP contribution in [0.2, 0.25) is 0 Å². The fraction of sp³-hybridized carbons (Fsp3) is 0.500. The number of rotatable bonds is 3. The second-order valence-electron chi connectivity index (χ2n) is 10.0. The summed E-state index contributed by atoms with van der Waals surface area (Å²) in [4.78, 5) is 24.5. The number of nitrogens with two attached hydrogens (primary N) is 2. The zero-order valence-corrected chi connectivity index (χ0v) is 23.3. The van der Waals surface area contributed by atoms with Crippen molar-refractivity contribution in [1.82, 2.24) is 0 Å². The van der Waals surface area contributed by atoms with E-state index in [0.717, 1.165) is 0 Å². The van der Waals surface area contributed by atoms with Gasteiger partial charge in [-0.1, -0.05) is 38.2 Å². The van der Waals surface area contributed by atoms with Crippen LogP contribution in [0, 0.1) is 11.8 Å². The van der Waals surface area contributed by atoms with E-state index in [1.807, 2.05) is 6.92 Å². The number of anilines is 2. The number of aliphatic hydroxyl groups is 1. The van der Waals surface area contributed by atoms with Gasteiger partial charge in [-0.25, -0.2) is 4.79 Å². The van der Waals surface area contributed by atoms with E-state index in [4.69, 9.17) is 25.7 Å². The summed E-state index contributed by atoms with van der Waals surface area (Å²) in [6.07, 6.45) is 2.90. The average Bonchev–Trinajstić information content (AvgIpc) is 2.88. The largest absolute Gasteiger partial charge is 0.506 e. The number of aromatic hydroxyl groups is 2. The second kappa shape index (κ2) is 14.0. The van der Waals surface area contributed by atoms with Crippen LogP contribution in [0.3, 0.4) is 0 Å². The summed E-state index contributed by atoms with van der Waals surface area (Å²) in [5.41, 5.74) is 12.6. The maximum absolute atomic E-state index is 12.8. The molecular weight excluding hydrogens is 506 g/mol. The van der Waals surface area contributed by atoms with Gasteiger partial charge in [-0.05, 0) is 38.2 Å². The van der Waals surface area contributed by atoms with Crippen LogP contribution in [-0.2, 0) is 25.4 Å². The van der Waals surface area contributed by atoms with Gasteiger partial charge >= 0.3 is 6.09 Å². The van der Waals surface area contributed by atoms with Crippen LogP contribution in [0.1, 0.15) is 39.7 Å². The molecule has 1 aliphatic rings. The number of nitrogens with one attached hydrogen (secondary N) is 1. The average molecular weight is 548 g/mol. The Kier molecular flexibility index (Phi) is 11.4. The standard InChI is InChI=1S/C28H41N3O8/c1-14-10-18-23(29)20(32)13-19(25(18)34)31-27(35)15(2)8-7-9-21(37-5)26(39-28(30)36)17(4)12-16(3)24(33)22(11-14)38-6/h7-9,12-14,16,21-22,24,26,32-34H,10-11,29H2,1-6H3,(H2,30,36)(H,31,35)/b9-7?,15-8+,17-12+/t14-,16+,21+,22+,24-,26+/m1/s1. The number of carbonyl (C=O) groups excluding carboxylic acids is 2. The summed E-state index contributed by atoms with van der Waals surface area (Å²) >= 11 is 0. The fourth-order valence-electron chi connectivity index (χ4n) is 4.63. The molecule has 0 unspecified atom stereocenters. The van der Waals surface area contributed by atoms with E-state index in [2.05, 4.69) is 5.32 Å². The smallest absolute Gasteiger partial charge is 0.405 e. The molecule has 0 aromatic heterocycles. The third kappa shape index (κ3) is 8.22. The molecule has 0 fully saturated rings. The highest BCUT2D eigenvalue weighted by molar-refractivity contribution is 6.04. The van der Waals surface area contributed by atoms with Gasteiger partial charge in [0.15, 0.2) is 6.10 Å². The molecule has 8 N–H and O–H groups in total.